The van der Waals surface area contributed by atoms with Crippen LogP contribution in [0.5, 0.6) is 0 Å². The van der Waals surface area contributed by atoms with E-state index in [2.05, 4.69) is 40.2 Å². The summed E-state index contributed by atoms with van der Waals surface area (Å²) in [6.07, 6.45) is 7.95. The maximum atomic E-state index is 13.9. The molecular weight excluding hydrogens is 496 g/mol. The standard InChI is InChI=1S/C28H32N8OS/c1-5-38-21-11-10-20(29-13-21)12-30-26-28(37)36(17(4)18-6-7-18)27-23(34-26)16(3)33-25(35-27)22-15(2)31-14-32-24(22)19-8-9-19/h10-11,13-14,17-19H,5-9,12H2,1-4H3,(H,30,34)/t17-/m0/s1. The molecule has 4 aromatic rings. The lowest BCUT2D eigenvalue weighted by atomic mass is 10.1. The van der Waals surface area contributed by atoms with Crippen LogP contribution in [0.15, 0.2) is 34.3 Å². The minimum absolute atomic E-state index is 0.00944. The summed E-state index contributed by atoms with van der Waals surface area (Å²) in [6, 6.07) is 4.05. The molecule has 2 aliphatic rings. The third-order valence-electron chi connectivity index (χ3n) is 7.42. The van der Waals surface area contributed by atoms with E-state index in [0.29, 0.717) is 41.2 Å². The molecule has 0 amide bonds. The minimum Gasteiger partial charge on any atom is -0.360 e. The van der Waals surface area contributed by atoms with Crippen molar-refractivity contribution < 1.29 is 0 Å². The van der Waals surface area contributed by atoms with Crippen molar-refractivity contribution in [2.24, 2.45) is 5.92 Å². The molecule has 9 nitrogen and oxygen atoms in total. The molecule has 2 fully saturated rings. The topological polar surface area (TPSA) is 111 Å². The predicted octanol–water partition coefficient (Wildman–Crippen LogP) is 5.23. The fraction of sp³-hybridized carbons (Fsp3) is 0.464. The Hall–Kier alpha value is -3.40. The van der Waals surface area contributed by atoms with Gasteiger partial charge in [-0.25, -0.2) is 24.9 Å². The summed E-state index contributed by atoms with van der Waals surface area (Å²) in [4.78, 5) is 43.2. The molecule has 0 bridgehead atoms. The van der Waals surface area contributed by atoms with Crippen molar-refractivity contribution in [1.29, 1.82) is 0 Å². The highest BCUT2D eigenvalue weighted by Gasteiger charge is 2.33. The van der Waals surface area contributed by atoms with Gasteiger partial charge in [-0.3, -0.25) is 14.3 Å². The molecule has 4 heterocycles. The highest BCUT2D eigenvalue weighted by atomic mass is 32.2. The Morgan fingerprint density at radius 3 is 2.55 bits per heavy atom. The number of nitrogens with one attached hydrogen (secondary N) is 1. The first-order valence-electron chi connectivity index (χ1n) is 13.4. The van der Waals surface area contributed by atoms with Crippen molar-refractivity contribution in [1.82, 2.24) is 34.5 Å². The molecule has 6 rings (SSSR count). The Morgan fingerprint density at radius 2 is 1.87 bits per heavy atom. The molecule has 0 unspecified atom stereocenters. The van der Waals surface area contributed by atoms with Gasteiger partial charge < -0.3 is 5.32 Å². The zero-order valence-electron chi connectivity index (χ0n) is 22.2. The van der Waals surface area contributed by atoms with E-state index in [1.807, 2.05) is 30.7 Å². The van der Waals surface area contributed by atoms with Gasteiger partial charge in [0.05, 0.1) is 34.9 Å². The second-order valence-electron chi connectivity index (χ2n) is 10.3. The number of anilines is 1. The van der Waals surface area contributed by atoms with E-state index in [1.54, 1.807) is 18.1 Å². The molecule has 2 saturated carbocycles. The van der Waals surface area contributed by atoms with Crippen molar-refractivity contribution in [3.8, 4) is 11.4 Å². The van der Waals surface area contributed by atoms with E-state index in [0.717, 1.165) is 64.7 Å². The van der Waals surface area contributed by atoms with Crippen LogP contribution in [0, 0.1) is 19.8 Å². The molecule has 38 heavy (non-hydrogen) atoms. The van der Waals surface area contributed by atoms with E-state index in [4.69, 9.17) is 15.0 Å². The number of rotatable bonds is 9. The molecule has 0 aromatic carbocycles. The van der Waals surface area contributed by atoms with Crippen molar-refractivity contribution in [2.45, 2.75) is 76.8 Å². The van der Waals surface area contributed by atoms with Gasteiger partial charge in [-0.15, -0.1) is 11.8 Å². The van der Waals surface area contributed by atoms with Gasteiger partial charge in [0.1, 0.15) is 11.8 Å². The van der Waals surface area contributed by atoms with E-state index in [-0.39, 0.29) is 11.6 Å². The predicted molar refractivity (Wildman–Crippen MR) is 149 cm³/mol. The molecular formula is C28H32N8OS. The molecule has 0 aliphatic heterocycles. The number of thioether (sulfide) groups is 1. The Kier molecular flexibility index (Phi) is 6.59. The van der Waals surface area contributed by atoms with Gasteiger partial charge in [-0.2, -0.15) is 0 Å². The average Bonchev–Trinajstić information content (AvgIpc) is 3.82. The Bertz CT molecular complexity index is 1560. The SMILES string of the molecule is CCSc1ccc(CNc2nc3c(C)nc(-c4c(C)ncnc4C4CC4)nc3n([C@@H](C)C3CC3)c2=O)nc1. The molecule has 0 radical (unpaired) electrons. The fourth-order valence-corrected chi connectivity index (χ4v) is 5.62. The molecule has 196 valence electrons. The molecule has 1 N–H and O–H groups in total. The summed E-state index contributed by atoms with van der Waals surface area (Å²) >= 11 is 1.75. The van der Waals surface area contributed by atoms with Crippen LogP contribution in [-0.4, -0.2) is 40.2 Å². The summed E-state index contributed by atoms with van der Waals surface area (Å²) in [6.45, 7) is 8.54. The zero-order valence-corrected chi connectivity index (χ0v) is 23.0. The van der Waals surface area contributed by atoms with Crippen molar-refractivity contribution in [2.75, 3.05) is 11.1 Å². The van der Waals surface area contributed by atoms with E-state index in [9.17, 15) is 4.79 Å². The van der Waals surface area contributed by atoms with Gasteiger partial charge in [0, 0.05) is 23.1 Å². The molecule has 1 atom stereocenters. The highest BCUT2D eigenvalue weighted by molar-refractivity contribution is 7.99. The Labute approximate surface area is 226 Å². The van der Waals surface area contributed by atoms with Crippen LogP contribution in [0.1, 0.15) is 74.3 Å². The van der Waals surface area contributed by atoms with Gasteiger partial charge in [-0.1, -0.05) is 6.92 Å². The summed E-state index contributed by atoms with van der Waals surface area (Å²) in [7, 11) is 0. The molecule has 0 saturated heterocycles. The average molecular weight is 529 g/mol. The molecule has 10 heteroatoms. The monoisotopic (exact) mass is 528 g/mol. The zero-order chi connectivity index (χ0) is 26.4. The highest BCUT2D eigenvalue weighted by Crippen LogP contribution is 2.44. The fourth-order valence-electron chi connectivity index (χ4n) is 4.99. The van der Waals surface area contributed by atoms with Crippen molar-refractivity contribution >= 4 is 28.7 Å². The number of hydrogen-bond donors (Lipinski definition) is 1. The van der Waals surface area contributed by atoms with E-state index >= 15 is 0 Å². The van der Waals surface area contributed by atoms with Crippen molar-refractivity contribution in [3.63, 3.8) is 0 Å². The third-order valence-corrected chi connectivity index (χ3v) is 8.29. The third kappa shape index (κ3) is 4.77. The maximum absolute atomic E-state index is 13.9. The number of aromatic nitrogens is 7. The number of fused-ring (bicyclic) bond motifs is 1. The molecule has 0 spiro atoms. The normalized spacial score (nSPS) is 16.1. The quantitative estimate of drug-likeness (QED) is 0.292. The first-order chi connectivity index (χ1) is 18.4. The van der Waals surface area contributed by atoms with Crippen LogP contribution in [0.3, 0.4) is 0 Å². The largest absolute Gasteiger partial charge is 0.360 e. The van der Waals surface area contributed by atoms with E-state index < -0.39 is 0 Å². The lowest BCUT2D eigenvalue weighted by molar-refractivity contribution is 0.482. The lowest BCUT2D eigenvalue weighted by Crippen LogP contribution is -2.29. The minimum atomic E-state index is -0.164. The first kappa shape index (κ1) is 24.9. The first-order valence-corrected chi connectivity index (χ1v) is 14.4. The summed E-state index contributed by atoms with van der Waals surface area (Å²) in [5.41, 5.74) is 5.37. The van der Waals surface area contributed by atoms with Crippen LogP contribution < -0.4 is 10.9 Å². The van der Waals surface area contributed by atoms with Gasteiger partial charge in [-0.05, 0) is 70.3 Å². The number of nitrogens with zero attached hydrogens (tertiary/aromatic N) is 7. The lowest BCUT2D eigenvalue weighted by Gasteiger charge is -2.20. The maximum Gasteiger partial charge on any atom is 0.295 e. The van der Waals surface area contributed by atoms with Crippen LogP contribution in [0.2, 0.25) is 0 Å². The summed E-state index contributed by atoms with van der Waals surface area (Å²) in [5, 5.41) is 3.25. The number of pyridine rings is 1. The molecule has 4 aromatic heterocycles. The summed E-state index contributed by atoms with van der Waals surface area (Å²) < 4.78 is 1.82. The smallest absolute Gasteiger partial charge is 0.295 e. The summed E-state index contributed by atoms with van der Waals surface area (Å²) in [5.74, 6) is 2.76. The van der Waals surface area contributed by atoms with Gasteiger partial charge in [0.25, 0.3) is 5.56 Å². The number of aryl methyl sites for hydroxylation is 2. The Morgan fingerprint density at radius 1 is 1.05 bits per heavy atom. The Balaban J connectivity index is 1.44. The van der Waals surface area contributed by atoms with Crippen LogP contribution in [0.4, 0.5) is 5.82 Å². The van der Waals surface area contributed by atoms with Gasteiger partial charge in [0.2, 0.25) is 0 Å². The van der Waals surface area contributed by atoms with Crippen LogP contribution >= 0.6 is 11.8 Å². The van der Waals surface area contributed by atoms with E-state index in [1.165, 1.54) is 0 Å². The second-order valence-corrected chi connectivity index (χ2v) is 11.6. The number of hydrogen-bond acceptors (Lipinski definition) is 9. The second kappa shape index (κ2) is 10.1. The van der Waals surface area contributed by atoms with Crippen molar-refractivity contribution in [3.05, 3.63) is 57.8 Å². The molecule has 2 aliphatic carbocycles. The van der Waals surface area contributed by atoms with Gasteiger partial charge in [0.15, 0.2) is 17.3 Å². The van der Waals surface area contributed by atoms with Gasteiger partial charge >= 0.3 is 0 Å². The van der Waals surface area contributed by atoms with Crippen LogP contribution in [-0.2, 0) is 6.54 Å². The van der Waals surface area contributed by atoms with Crippen LogP contribution in [0.25, 0.3) is 22.6 Å².